The third kappa shape index (κ3) is 2.88. The van der Waals surface area contributed by atoms with Crippen LogP contribution in [0.2, 0.25) is 0 Å². The number of phenolic OH excluding ortho intramolecular Hbond substituents is 1. The van der Waals surface area contributed by atoms with Gasteiger partial charge in [0.2, 0.25) is 0 Å². The summed E-state index contributed by atoms with van der Waals surface area (Å²) in [5.74, 6) is -0.273. The molecule has 0 bridgehead atoms. The summed E-state index contributed by atoms with van der Waals surface area (Å²) in [6.07, 6.45) is -0.406. The van der Waals surface area contributed by atoms with Gasteiger partial charge in [0, 0.05) is 18.4 Å². The number of carbonyl (C=O) groups excluding carboxylic acids is 1. The second-order valence-corrected chi connectivity index (χ2v) is 5.43. The average Bonchev–Trinajstić information content (AvgIpc) is 2.40. The number of carbonyl (C=O) groups is 1. The van der Waals surface area contributed by atoms with Gasteiger partial charge in [0.15, 0.2) is 0 Å². The highest BCUT2D eigenvalue weighted by atomic mass is 16.5. The van der Waals surface area contributed by atoms with Crippen molar-refractivity contribution in [3.8, 4) is 11.5 Å². The Labute approximate surface area is 123 Å². The van der Waals surface area contributed by atoms with Crippen LogP contribution < -0.4 is 4.74 Å². The van der Waals surface area contributed by atoms with Crippen molar-refractivity contribution in [3.05, 3.63) is 34.9 Å². The molecule has 5 heteroatoms. The molecular weight excluding hydrogens is 272 g/mol. The van der Waals surface area contributed by atoms with E-state index in [4.69, 9.17) is 9.47 Å². The van der Waals surface area contributed by atoms with Crippen LogP contribution in [0.25, 0.3) is 0 Å². The molecule has 2 unspecified atom stereocenters. The smallest absolute Gasteiger partial charge is 0.342 e. The number of aromatic hydroxyl groups is 1. The minimum Gasteiger partial charge on any atom is -0.507 e. The summed E-state index contributed by atoms with van der Waals surface area (Å²) in [6.45, 7) is 7.18. The van der Waals surface area contributed by atoms with Gasteiger partial charge in [-0.1, -0.05) is 12.2 Å². The molecule has 0 spiro atoms. The van der Waals surface area contributed by atoms with Gasteiger partial charge in [0.05, 0.1) is 13.2 Å². The van der Waals surface area contributed by atoms with Gasteiger partial charge in [-0.25, -0.2) is 4.79 Å². The molecule has 21 heavy (non-hydrogen) atoms. The van der Waals surface area contributed by atoms with Crippen LogP contribution in [0.3, 0.4) is 0 Å². The molecule has 1 aliphatic rings. The minimum absolute atomic E-state index is 0.125. The van der Waals surface area contributed by atoms with Crippen LogP contribution in [0.15, 0.2) is 18.2 Å². The Morgan fingerprint density at radius 2 is 2.29 bits per heavy atom. The fourth-order valence-electron chi connectivity index (χ4n) is 2.47. The van der Waals surface area contributed by atoms with E-state index >= 15 is 0 Å². The third-order valence-electron chi connectivity index (χ3n) is 3.65. The molecule has 114 valence electrons. The lowest BCUT2D eigenvalue weighted by atomic mass is 9.92. The predicted molar refractivity (Wildman–Crippen MR) is 77.8 cm³/mol. The van der Waals surface area contributed by atoms with Crippen LogP contribution in [-0.4, -0.2) is 35.5 Å². The second kappa shape index (κ2) is 5.77. The molecule has 0 saturated carbocycles. The average molecular weight is 292 g/mol. The molecule has 1 aliphatic heterocycles. The van der Waals surface area contributed by atoms with Crippen molar-refractivity contribution < 1.29 is 24.5 Å². The largest absolute Gasteiger partial charge is 0.507 e. The number of fused-ring (bicyclic) bond motifs is 1. The van der Waals surface area contributed by atoms with Gasteiger partial charge in [0.1, 0.15) is 23.2 Å². The van der Waals surface area contributed by atoms with E-state index in [1.54, 1.807) is 19.9 Å². The maximum atomic E-state index is 12.0. The first-order valence-corrected chi connectivity index (χ1v) is 6.81. The Hall–Kier alpha value is -2.01. The first kappa shape index (κ1) is 15.4. The Morgan fingerprint density at radius 3 is 2.86 bits per heavy atom. The molecule has 5 nitrogen and oxygen atoms in total. The van der Waals surface area contributed by atoms with Gasteiger partial charge in [0.25, 0.3) is 0 Å². The normalized spacial score (nSPS) is 18.7. The van der Waals surface area contributed by atoms with Crippen molar-refractivity contribution in [2.24, 2.45) is 0 Å². The fraction of sp³-hybridized carbons (Fsp3) is 0.438. The number of cyclic esters (lactones) is 1. The Kier molecular flexibility index (Phi) is 4.23. The molecule has 0 amide bonds. The summed E-state index contributed by atoms with van der Waals surface area (Å²) in [6, 6.07) is 1.73. The maximum Gasteiger partial charge on any atom is 0.342 e. The van der Waals surface area contributed by atoms with E-state index in [2.05, 4.69) is 6.58 Å². The zero-order valence-corrected chi connectivity index (χ0v) is 12.5. The van der Waals surface area contributed by atoms with Gasteiger partial charge in [-0.2, -0.15) is 0 Å². The standard InChI is InChI=1S/C16H20O5/c1-8(2)12(17)7-11-13(20-4)6-10-5-9(3)21-16(19)14(10)15(11)18/h6,9,12,17-18H,1,5,7H2,2-4H3. The zero-order chi connectivity index (χ0) is 15.7. The van der Waals surface area contributed by atoms with Gasteiger partial charge in [-0.05, 0) is 25.5 Å². The van der Waals surface area contributed by atoms with Gasteiger partial charge >= 0.3 is 5.97 Å². The number of esters is 1. The molecule has 2 rings (SSSR count). The van der Waals surface area contributed by atoms with Crippen LogP contribution in [0.5, 0.6) is 11.5 Å². The summed E-state index contributed by atoms with van der Waals surface area (Å²) in [5.41, 5.74) is 1.82. The molecule has 0 aromatic heterocycles. The van der Waals surface area contributed by atoms with Crippen molar-refractivity contribution in [2.45, 2.75) is 38.9 Å². The van der Waals surface area contributed by atoms with Crippen molar-refractivity contribution in [2.75, 3.05) is 7.11 Å². The molecule has 0 aliphatic carbocycles. The number of hydrogen-bond acceptors (Lipinski definition) is 5. The predicted octanol–water partition coefficient (Wildman–Crippen LogP) is 1.98. The summed E-state index contributed by atoms with van der Waals surface area (Å²) in [5, 5.41) is 20.4. The highest BCUT2D eigenvalue weighted by molar-refractivity contribution is 5.96. The van der Waals surface area contributed by atoms with Crippen LogP contribution in [0.1, 0.15) is 35.3 Å². The van der Waals surface area contributed by atoms with Crippen LogP contribution in [0.4, 0.5) is 0 Å². The number of hydrogen-bond donors (Lipinski definition) is 2. The molecule has 1 heterocycles. The highest BCUT2D eigenvalue weighted by Crippen LogP contribution is 2.38. The Bertz CT molecular complexity index is 591. The number of ether oxygens (including phenoxy) is 2. The summed E-state index contributed by atoms with van der Waals surface area (Å²) in [7, 11) is 1.49. The first-order valence-electron chi connectivity index (χ1n) is 6.81. The molecule has 0 fully saturated rings. The number of methoxy groups -OCH3 is 1. The van der Waals surface area contributed by atoms with Crippen molar-refractivity contribution >= 4 is 5.97 Å². The van der Waals surface area contributed by atoms with E-state index in [1.807, 2.05) is 0 Å². The number of aliphatic hydroxyl groups excluding tert-OH is 1. The first-order chi connectivity index (χ1) is 9.85. The lowest BCUT2D eigenvalue weighted by Gasteiger charge is -2.25. The van der Waals surface area contributed by atoms with Crippen LogP contribution in [-0.2, 0) is 17.6 Å². The zero-order valence-electron chi connectivity index (χ0n) is 12.5. The molecule has 1 aromatic rings. The molecule has 1 aromatic carbocycles. The monoisotopic (exact) mass is 292 g/mol. The van der Waals surface area contributed by atoms with E-state index in [1.165, 1.54) is 7.11 Å². The third-order valence-corrected chi connectivity index (χ3v) is 3.65. The summed E-state index contributed by atoms with van der Waals surface area (Å²) >= 11 is 0. The number of rotatable bonds is 4. The molecule has 0 radical (unpaired) electrons. The van der Waals surface area contributed by atoms with Crippen LogP contribution >= 0.6 is 0 Å². The van der Waals surface area contributed by atoms with Gasteiger partial charge in [-0.15, -0.1) is 0 Å². The summed E-state index contributed by atoms with van der Waals surface area (Å²) < 4.78 is 10.4. The SMILES string of the molecule is C=C(C)C(O)Cc1c(OC)cc2c(c1O)C(=O)OC(C)C2. The van der Waals surface area contributed by atoms with Gasteiger partial charge in [-0.3, -0.25) is 0 Å². The van der Waals surface area contributed by atoms with E-state index in [0.717, 1.165) is 0 Å². The van der Waals surface area contributed by atoms with Crippen molar-refractivity contribution in [3.63, 3.8) is 0 Å². The maximum absolute atomic E-state index is 12.0. The highest BCUT2D eigenvalue weighted by Gasteiger charge is 2.30. The van der Waals surface area contributed by atoms with E-state index < -0.39 is 12.1 Å². The lowest BCUT2D eigenvalue weighted by Crippen LogP contribution is -2.26. The number of aliphatic hydroxyl groups is 1. The van der Waals surface area contributed by atoms with Gasteiger partial charge < -0.3 is 19.7 Å². The second-order valence-electron chi connectivity index (χ2n) is 5.43. The Morgan fingerprint density at radius 1 is 1.62 bits per heavy atom. The lowest BCUT2D eigenvalue weighted by molar-refractivity contribution is 0.0296. The van der Waals surface area contributed by atoms with Crippen molar-refractivity contribution in [1.29, 1.82) is 0 Å². The summed E-state index contributed by atoms with van der Waals surface area (Å²) in [4.78, 5) is 12.0. The molecular formula is C16H20O5. The quantitative estimate of drug-likeness (QED) is 0.655. The molecule has 2 N–H and O–H groups in total. The van der Waals surface area contributed by atoms with E-state index in [-0.39, 0.29) is 23.8 Å². The van der Waals surface area contributed by atoms with Crippen LogP contribution in [0, 0.1) is 0 Å². The Balaban J connectivity index is 2.53. The number of phenols is 1. The molecule has 2 atom stereocenters. The van der Waals surface area contributed by atoms with E-state index in [9.17, 15) is 15.0 Å². The fourth-order valence-corrected chi connectivity index (χ4v) is 2.47. The van der Waals surface area contributed by atoms with E-state index in [0.29, 0.717) is 28.9 Å². The molecule has 0 saturated heterocycles. The van der Waals surface area contributed by atoms with Crippen molar-refractivity contribution in [1.82, 2.24) is 0 Å². The number of benzene rings is 1. The topological polar surface area (TPSA) is 76.0 Å². The minimum atomic E-state index is -0.818.